The number of aromatic nitrogens is 1. The van der Waals surface area contributed by atoms with Gasteiger partial charge in [0.15, 0.2) is 0 Å². The lowest BCUT2D eigenvalue weighted by Gasteiger charge is -2.24. The molecule has 0 atom stereocenters. The van der Waals surface area contributed by atoms with Crippen molar-refractivity contribution in [3.05, 3.63) is 24.5 Å². The summed E-state index contributed by atoms with van der Waals surface area (Å²) < 4.78 is 18.4. The first-order valence-electron chi connectivity index (χ1n) is 6.52. The van der Waals surface area contributed by atoms with Crippen molar-refractivity contribution in [2.45, 2.75) is 38.3 Å². The molecule has 1 rings (SSSR count). The summed E-state index contributed by atoms with van der Waals surface area (Å²) in [5.41, 5.74) is 0. The smallest absolute Gasteiger partial charge is 0.377 e. The average Bonchev–Trinajstić information content (AvgIpc) is 2.92. The third-order valence-corrected chi connectivity index (χ3v) is 6.08. The normalized spacial score (nSPS) is 11.9. The molecule has 5 heteroatoms. The van der Waals surface area contributed by atoms with Crippen molar-refractivity contribution in [1.29, 1.82) is 0 Å². The van der Waals surface area contributed by atoms with Gasteiger partial charge in [-0.15, -0.1) is 0 Å². The highest BCUT2D eigenvalue weighted by atomic mass is 28.4. The van der Waals surface area contributed by atoms with Crippen molar-refractivity contribution in [3.63, 3.8) is 0 Å². The van der Waals surface area contributed by atoms with E-state index in [-0.39, 0.29) is 0 Å². The first-order valence-corrected chi connectivity index (χ1v) is 8.46. The quantitative estimate of drug-likeness (QED) is 0.484. The molecule has 104 valence electrons. The molecule has 1 heterocycles. The second-order valence-corrected chi connectivity index (χ2v) is 7.47. The van der Waals surface area contributed by atoms with Gasteiger partial charge in [-0.05, 0) is 25.0 Å². The molecule has 0 aromatic carbocycles. The second kappa shape index (κ2) is 8.47. The Morgan fingerprint density at radius 2 is 1.39 bits per heavy atom. The third kappa shape index (κ3) is 4.94. The molecule has 0 fully saturated rings. The minimum atomic E-state index is -2.34. The molecule has 0 aliphatic heterocycles. The highest BCUT2D eigenvalue weighted by Gasteiger charge is 2.36. The Morgan fingerprint density at radius 3 is 1.94 bits per heavy atom. The second-order valence-electron chi connectivity index (χ2n) is 4.38. The molecule has 1 aromatic rings. The maximum atomic E-state index is 5.39. The van der Waals surface area contributed by atoms with E-state index in [1.807, 2.05) is 0 Å². The van der Waals surface area contributed by atoms with E-state index in [4.69, 9.17) is 13.3 Å². The third-order valence-electron chi connectivity index (χ3n) is 3.25. The fourth-order valence-corrected chi connectivity index (χ4v) is 3.86. The summed E-state index contributed by atoms with van der Waals surface area (Å²) in [7, 11) is 2.68. The molecular weight excluding hydrogens is 246 g/mol. The average molecular weight is 271 g/mol. The fourth-order valence-electron chi connectivity index (χ4n) is 2.06. The standard InChI is InChI=1S/C13H25NO3Si/c1-15-18(16-2,17-3)13-9-5-4-6-10-14-11-7-8-12-14/h7-8,11-12H,4-6,9-10,13H2,1-3H3. The summed E-state index contributed by atoms with van der Waals surface area (Å²) in [6, 6.07) is 5.03. The monoisotopic (exact) mass is 271 g/mol. The topological polar surface area (TPSA) is 32.6 Å². The molecule has 0 radical (unpaired) electrons. The van der Waals surface area contributed by atoms with Gasteiger partial charge in [-0.2, -0.15) is 0 Å². The van der Waals surface area contributed by atoms with Gasteiger partial charge < -0.3 is 17.8 Å². The Bertz CT molecular complexity index is 291. The van der Waals surface area contributed by atoms with E-state index in [1.54, 1.807) is 21.3 Å². The van der Waals surface area contributed by atoms with Gasteiger partial charge in [0.05, 0.1) is 0 Å². The Morgan fingerprint density at radius 1 is 0.833 bits per heavy atom. The number of unbranched alkanes of at least 4 members (excludes halogenated alkanes) is 3. The SMILES string of the molecule is CO[Si](CCCCCCn1cccc1)(OC)OC. The van der Waals surface area contributed by atoms with Gasteiger partial charge in [0.2, 0.25) is 0 Å². The van der Waals surface area contributed by atoms with E-state index in [1.165, 1.54) is 19.3 Å². The maximum Gasteiger partial charge on any atom is 0.500 e. The molecular formula is C13H25NO3Si. The first kappa shape index (κ1) is 15.4. The molecule has 0 aliphatic rings. The van der Waals surface area contributed by atoms with Crippen LogP contribution in [0.3, 0.4) is 0 Å². The Labute approximate surface area is 111 Å². The lowest BCUT2D eigenvalue weighted by atomic mass is 10.2. The Hall–Kier alpha value is -0.623. The molecule has 18 heavy (non-hydrogen) atoms. The van der Waals surface area contributed by atoms with Crippen molar-refractivity contribution in [1.82, 2.24) is 4.57 Å². The molecule has 0 saturated heterocycles. The first-order chi connectivity index (χ1) is 8.76. The van der Waals surface area contributed by atoms with E-state index < -0.39 is 8.80 Å². The van der Waals surface area contributed by atoms with Crippen molar-refractivity contribution < 1.29 is 13.3 Å². The Kier molecular flexibility index (Phi) is 7.27. The van der Waals surface area contributed by atoms with Gasteiger partial charge in [-0.25, -0.2) is 0 Å². The van der Waals surface area contributed by atoms with Crippen molar-refractivity contribution in [3.8, 4) is 0 Å². The number of aryl methyl sites for hydroxylation is 1. The van der Waals surface area contributed by atoms with Crippen LogP contribution in [0.4, 0.5) is 0 Å². The minimum Gasteiger partial charge on any atom is -0.377 e. The van der Waals surface area contributed by atoms with Crippen LogP contribution in [0.5, 0.6) is 0 Å². The molecule has 0 unspecified atom stereocenters. The summed E-state index contributed by atoms with van der Waals surface area (Å²) in [4.78, 5) is 0. The maximum absolute atomic E-state index is 5.39. The van der Waals surface area contributed by atoms with Crippen LogP contribution < -0.4 is 0 Å². The zero-order valence-corrected chi connectivity index (χ0v) is 12.7. The summed E-state index contributed by atoms with van der Waals surface area (Å²) in [6.45, 7) is 1.11. The van der Waals surface area contributed by atoms with Crippen molar-refractivity contribution >= 4 is 8.80 Å². The molecule has 0 bridgehead atoms. The van der Waals surface area contributed by atoms with E-state index in [0.717, 1.165) is 19.0 Å². The predicted molar refractivity (Wildman–Crippen MR) is 74.5 cm³/mol. The van der Waals surface area contributed by atoms with Crippen LogP contribution in [0.15, 0.2) is 24.5 Å². The van der Waals surface area contributed by atoms with Crippen LogP contribution in [0, 0.1) is 0 Å². The zero-order valence-electron chi connectivity index (χ0n) is 11.7. The number of nitrogens with zero attached hydrogens (tertiary/aromatic N) is 1. The molecule has 0 spiro atoms. The lowest BCUT2D eigenvalue weighted by Crippen LogP contribution is -2.42. The zero-order chi connectivity index (χ0) is 13.3. The predicted octanol–water partition coefficient (Wildman–Crippen LogP) is 2.93. The van der Waals surface area contributed by atoms with Gasteiger partial charge in [0.25, 0.3) is 0 Å². The van der Waals surface area contributed by atoms with Crippen molar-refractivity contribution in [2.24, 2.45) is 0 Å². The van der Waals surface area contributed by atoms with E-state index in [0.29, 0.717) is 0 Å². The molecule has 0 amide bonds. The largest absolute Gasteiger partial charge is 0.500 e. The highest BCUT2D eigenvalue weighted by Crippen LogP contribution is 2.17. The van der Waals surface area contributed by atoms with E-state index in [2.05, 4.69) is 29.1 Å². The van der Waals surface area contributed by atoms with Gasteiger partial charge in [0.1, 0.15) is 0 Å². The van der Waals surface area contributed by atoms with Gasteiger partial charge in [-0.1, -0.05) is 12.8 Å². The Balaban J connectivity index is 2.07. The molecule has 0 aliphatic carbocycles. The summed E-state index contributed by atoms with van der Waals surface area (Å²) in [5.74, 6) is 0. The van der Waals surface area contributed by atoms with Crippen LogP contribution in [0.2, 0.25) is 6.04 Å². The van der Waals surface area contributed by atoms with Crippen LogP contribution in [-0.2, 0) is 19.8 Å². The van der Waals surface area contributed by atoms with Crippen LogP contribution in [0.25, 0.3) is 0 Å². The van der Waals surface area contributed by atoms with Crippen LogP contribution in [0.1, 0.15) is 25.7 Å². The van der Waals surface area contributed by atoms with E-state index in [9.17, 15) is 0 Å². The van der Waals surface area contributed by atoms with E-state index >= 15 is 0 Å². The van der Waals surface area contributed by atoms with Crippen molar-refractivity contribution in [2.75, 3.05) is 21.3 Å². The number of hydrogen-bond acceptors (Lipinski definition) is 3. The lowest BCUT2D eigenvalue weighted by molar-refractivity contribution is 0.122. The molecule has 4 nitrogen and oxygen atoms in total. The minimum absolute atomic E-state index is 0.903. The van der Waals surface area contributed by atoms with Crippen LogP contribution >= 0.6 is 0 Å². The molecule has 1 aromatic heterocycles. The van der Waals surface area contributed by atoms with Gasteiger partial charge >= 0.3 is 8.80 Å². The highest BCUT2D eigenvalue weighted by molar-refractivity contribution is 6.60. The summed E-state index contributed by atoms with van der Waals surface area (Å²) >= 11 is 0. The fraction of sp³-hybridized carbons (Fsp3) is 0.692. The van der Waals surface area contributed by atoms with Gasteiger partial charge in [-0.3, -0.25) is 0 Å². The summed E-state index contributed by atoms with van der Waals surface area (Å²) in [5, 5.41) is 0. The number of hydrogen-bond donors (Lipinski definition) is 0. The van der Waals surface area contributed by atoms with Gasteiger partial charge in [0, 0.05) is 46.3 Å². The molecule has 0 N–H and O–H groups in total. The molecule has 0 saturated carbocycles. The van der Waals surface area contributed by atoms with Crippen LogP contribution in [-0.4, -0.2) is 34.7 Å². The summed E-state index contributed by atoms with van der Waals surface area (Å²) in [6.07, 6.45) is 8.98. The number of rotatable bonds is 10.